The molecular weight excluding hydrogens is 360 g/mol. The molecule has 2 heterocycles. The number of nitrogens with zero attached hydrogens (tertiary/aromatic N) is 2. The Morgan fingerprint density at radius 1 is 1.24 bits per heavy atom. The van der Waals surface area contributed by atoms with Gasteiger partial charge in [-0.25, -0.2) is 0 Å². The van der Waals surface area contributed by atoms with Gasteiger partial charge in [-0.1, -0.05) is 11.6 Å². The van der Waals surface area contributed by atoms with Crippen LogP contribution in [0.3, 0.4) is 0 Å². The highest BCUT2D eigenvalue weighted by Crippen LogP contribution is 2.25. The number of aromatic nitrogens is 3. The van der Waals surface area contributed by atoms with E-state index in [1.165, 1.54) is 0 Å². The second-order valence-electron chi connectivity index (χ2n) is 5.30. The molecule has 0 bridgehead atoms. The van der Waals surface area contributed by atoms with Gasteiger partial charge in [-0.3, -0.25) is 14.9 Å². The summed E-state index contributed by atoms with van der Waals surface area (Å²) in [6, 6.07) is 10.3. The minimum absolute atomic E-state index is 0.148. The largest absolute Gasteiger partial charge is 0.611 e. The number of nitrogens with one attached hydrogen (secondary N) is 2. The van der Waals surface area contributed by atoms with Crippen molar-refractivity contribution in [1.82, 2.24) is 15.2 Å². The molecule has 0 aliphatic carbocycles. The number of aromatic amines is 1. The zero-order valence-corrected chi connectivity index (χ0v) is 14.9. The number of anilines is 1. The maximum absolute atomic E-state index is 12.2. The Morgan fingerprint density at radius 2 is 1.92 bits per heavy atom. The smallest absolute Gasteiger partial charge is 0.275 e. The third-order valence-corrected chi connectivity index (χ3v) is 5.14. The average molecular weight is 375 g/mol. The van der Waals surface area contributed by atoms with Gasteiger partial charge in [0.15, 0.2) is 10.6 Å². The van der Waals surface area contributed by atoms with Crippen LogP contribution >= 0.6 is 11.6 Å². The molecule has 1 atom stereocenters. The van der Waals surface area contributed by atoms with E-state index in [1.807, 2.05) is 19.1 Å². The van der Waals surface area contributed by atoms with Gasteiger partial charge in [0.2, 0.25) is 0 Å². The second kappa shape index (κ2) is 7.69. The predicted molar refractivity (Wildman–Crippen MR) is 97.9 cm³/mol. The van der Waals surface area contributed by atoms with E-state index >= 15 is 0 Å². The van der Waals surface area contributed by atoms with Gasteiger partial charge < -0.3 is 9.87 Å². The van der Waals surface area contributed by atoms with Crippen LogP contribution in [0, 0.1) is 6.92 Å². The molecule has 0 fully saturated rings. The van der Waals surface area contributed by atoms with Crippen LogP contribution in [0.1, 0.15) is 5.56 Å². The van der Waals surface area contributed by atoms with Crippen molar-refractivity contribution in [2.75, 3.05) is 11.1 Å². The topological polar surface area (TPSA) is 93.7 Å². The van der Waals surface area contributed by atoms with Crippen molar-refractivity contribution in [2.45, 2.75) is 11.8 Å². The molecule has 1 unspecified atom stereocenters. The zero-order chi connectivity index (χ0) is 17.8. The van der Waals surface area contributed by atoms with Gasteiger partial charge in [-0.2, -0.15) is 5.10 Å². The molecule has 3 rings (SSSR count). The van der Waals surface area contributed by atoms with E-state index in [0.29, 0.717) is 15.7 Å². The number of carbonyl (C=O) groups excluding carboxylic acids is 1. The summed E-state index contributed by atoms with van der Waals surface area (Å²) >= 11 is 4.36. The van der Waals surface area contributed by atoms with E-state index < -0.39 is 11.2 Å². The number of H-pyrrole nitrogens is 1. The van der Waals surface area contributed by atoms with Gasteiger partial charge in [0.25, 0.3) is 5.91 Å². The van der Waals surface area contributed by atoms with Crippen molar-refractivity contribution in [2.24, 2.45) is 0 Å². The normalized spacial score (nSPS) is 12.0. The third kappa shape index (κ3) is 4.19. The molecule has 0 spiro atoms. The summed E-state index contributed by atoms with van der Waals surface area (Å²) in [5.74, 6) is -0.0174. The molecule has 0 saturated heterocycles. The molecule has 0 saturated carbocycles. The van der Waals surface area contributed by atoms with Crippen LogP contribution in [0.2, 0.25) is 5.02 Å². The summed E-state index contributed by atoms with van der Waals surface area (Å²) in [5, 5.41) is 10.3. The van der Waals surface area contributed by atoms with Crippen LogP contribution in [0.5, 0.6) is 0 Å². The number of rotatable bonds is 5. The summed E-state index contributed by atoms with van der Waals surface area (Å²) in [5.41, 5.74) is 2.43. The van der Waals surface area contributed by atoms with Gasteiger partial charge in [0, 0.05) is 28.5 Å². The third-order valence-electron chi connectivity index (χ3n) is 3.57. The molecule has 6 nitrogen and oxygen atoms in total. The van der Waals surface area contributed by atoms with Crippen molar-refractivity contribution in [3.63, 3.8) is 0 Å². The quantitative estimate of drug-likeness (QED) is 0.670. The fraction of sp³-hybridized carbons (Fsp3) is 0.118. The Balaban J connectivity index is 1.67. The van der Waals surface area contributed by atoms with Crippen LogP contribution in [-0.4, -0.2) is 31.4 Å². The highest BCUT2D eigenvalue weighted by molar-refractivity contribution is 7.92. The maximum atomic E-state index is 12.2. The molecular formula is C17H15ClN4O2S. The number of benzene rings is 1. The standard InChI is InChI=1S/C17H15ClN4O2S/c1-11-16(12-6-8-19-9-7-12)21-22-17(11)20-15(23)10-25(24)14-4-2-13(18)3-5-14/h2-9H,10H2,1H3,(H2,20,21,22,23). The van der Waals surface area contributed by atoms with Gasteiger partial charge in [-0.15, -0.1) is 0 Å². The SMILES string of the molecule is Cc1c(-c2ccncc2)n[nH]c1NC(=O)C[S+]([O-])c1ccc(Cl)cc1. The molecule has 1 aromatic carbocycles. The molecule has 1 amide bonds. The van der Waals surface area contributed by atoms with Crippen molar-refractivity contribution in [1.29, 1.82) is 0 Å². The number of halogens is 1. The lowest BCUT2D eigenvalue weighted by molar-refractivity contribution is -0.113. The Hall–Kier alpha value is -2.35. The first-order valence-electron chi connectivity index (χ1n) is 7.44. The summed E-state index contributed by atoms with van der Waals surface area (Å²) in [6.07, 6.45) is 3.36. The van der Waals surface area contributed by atoms with E-state index in [-0.39, 0.29) is 11.7 Å². The van der Waals surface area contributed by atoms with Crippen molar-refractivity contribution in [3.8, 4) is 11.3 Å². The van der Waals surface area contributed by atoms with Gasteiger partial charge in [0.05, 0.1) is 5.69 Å². The van der Waals surface area contributed by atoms with Crippen molar-refractivity contribution in [3.05, 3.63) is 59.4 Å². The summed E-state index contributed by atoms with van der Waals surface area (Å²) in [6.45, 7) is 1.85. The Kier molecular flexibility index (Phi) is 5.37. The van der Waals surface area contributed by atoms with Crippen molar-refractivity contribution >= 4 is 34.5 Å². The van der Waals surface area contributed by atoms with Crippen LogP contribution in [0.15, 0.2) is 53.7 Å². The number of pyridine rings is 1. The van der Waals surface area contributed by atoms with E-state index in [0.717, 1.165) is 16.8 Å². The van der Waals surface area contributed by atoms with Gasteiger partial charge in [0.1, 0.15) is 5.82 Å². The molecule has 128 valence electrons. The van der Waals surface area contributed by atoms with Crippen LogP contribution in [-0.2, 0) is 16.0 Å². The molecule has 2 aromatic heterocycles. The van der Waals surface area contributed by atoms with Crippen molar-refractivity contribution < 1.29 is 9.35 Å². The molecule has 0 aliphatic heterocycles. The first kappa shape index (κ1) is 17.5. The van der Waals surface area contributed by atoms with Gasteiger partial charge >= 0.3 is 0 Å². The highest BCUT2D eigenvalue weighted by Gasteiger charge is 2.19. The lowest BCUT2D eigenvalue weighted by Gasteiger charge is -2.10. The zero-order valence-electron chi connectivity index (χ0n) is 13.3. The summed E-state index contributed by atoms with van der Waals surface area (Å²) in [7, 11) is 0. The van der Waals surface area contributed by atoms with Crippen LogP contribution < -0.4 is 5.32 Å². The first-order valence-corrected chi connectivity index (χ1v) is 9.13. The second-order valence-corrected chi connectivity index (χ2v) is 7.19. The molecule has 0 aliphatic rings. The maximum Gasteiger partial charge on any atom is 0.275 e. The molecule has 2 N–H and O–H groups in total. The van der Waals surface area contributed by atoms with E-state index in [1.54, 1.807) is 36.7 Å². The predicted octanol–water partition coefficient (Wildman–Crippen LogP) is 3.18. The fourth-order valence-electron chi connectivity index (χ4n) is 2.27. The lowest BCUT2D eigenvalue weighted by atomic mass is 10.1. The number of hydrogen-bond donors (Lipinski definition) is 2. The highest BCUT2D eigenvalue weighted by atomic mass is 35.5. The monoisotopic (exact) mass is 374 g/mol. The lowest BCUT2D eigenvalue weighted by Crippen LogP contribution is -2.23. The summed E-state index contributed by atoms with van der Waals surface area (Å²) in [4.78, 5) is 16.7. The number of carbonyl (C=O) groups is 1. The number of amides is 1. The average Bonchev–Trinajstić information content (AvgIpc) is 2.96. The minimum Gasteiger partial charge on any atom is -0.611 e. The minimum atomic E-state index is -1.44. The Bertz CT molecular complexity index is 868. The van der Waals surface area contributed by atoms with Gasteiger partial charge in [-0.05, 0) is 54.5 Å². The molecule has 0 radical (unpaired) electrons. The number of hydrogen-bond acceptors (Lipinski definition) is 4. The van der Waals surface area contributed by atoms with E-state index in [2.05, 4.69) is 20.5 Å². The van der Waals surface area contributed by atoms with Crippen LogP contribution in [0.4, 0.5) is 5.82 Å². The summed E-state index contributed by atoms with van der Waals surface area (Å²) < 4.78 is 12.2. The Labute approximate surface area is 152 Å². The molecule has 8 heteroatoms. The first-order chi connectivity index (χ1) is 12.0. The van der Waals surface area contributed by atoms with Crippen LogP contribution in [0.25, 0.3) is 11.3 Å². The Morgan fingerprint density at radius 3 is 2.60 bits per heavy atom. The molecule has 3 aromatic rings. The fourth-order valence-corrected chi connectivity index (χ4v) is 3.32. The molecule has 25 heavy (non-hydrogen) atoms. The van der Waals surface area contributed by atoms with E-state index in [4.69, 9.17) is 11.6 Å². The van der Waals surface area contributed by atoms with E-state index in [9.17, 15) is 9.35 Å².